The minimum atomic E-state index is 0. The first-order valence-corrected chi connectivity index (χ1v) is 6.97. The van der Waals surface area contributed by atoms with E-state index >= 15 is 0 Å². The van der Waals surface area contributed by atoms with Crippen LogP contribution in [0, 0.1) is 0 Å². The van der Waals surface area contributed by atoms with Crippen LogP contribution in [0.3, 0.4) is 0 Å². The molecule has 2 heterocycles. The van der Waals surface area contributed by atoms with Gasteiger partial charge in [-0.3, -0.25) is 9.69 Å². The first-order valence-electron chi connectivity index (χ1n) is 6.97. The molecule has 2 aliphatic rings. The molecule has 104 valence electrons. The van der Waals surface area contributed by atoms with Gasteiger partial charge in [0.2, 0.25) is 5.91 Å². The van der Waals surface area contributed by atoms with Crippen molar-refractivity contribution < 1.29 is 4.79 Å². The maximum atomic E-state index is 12.3. The first-order chi connectivity index (χ1) is 8.84. The lowest BCUT2D eigenvalue weighted by molar-refractivity contribution is -0.121. The van der Waals surface area contributed by atoms with Crippen LogP contribution in [0.1, 0.15) is 31.2 Å². The van der Waals surface area contributed by atoms with E-state index in [-0.39, 0.29) is 24.4 Å². The Morgan fingerprint density at radius 1 is 1.11 bits per heavy atom. The molecule has 2 aliphatic heterocycles. The molecule has 0 bridgehead atoms. The van der Waals surface area contributed by atoms with E-state index < -0.39 is 0 Å². The fraction of sp³-hybridized carbons (Fsp3) is 0.533. The zero-order valence-electron chi connectivity index (χ0n) is 11.1. The summed E-state index contributed by atoms with van der Waals surface area (Å²) in [7, 11) is 0. The Kier molecular flexibility index (Phi) is 4.83. The van der Waals surface area contributed by atoms with Crippen LogP contribution in [-0.2, 0) is 11.2 Å². The van der Waals surface area contributed by atoms with Crippen LogP contribution >= 0.6 is 12.4 Å². The number of likely N-dealkylation sites (tertiary alicyclic amines) is 1. The Labute approximate surface area is 120 Å². The summed E-state index contributed by atoms with van der Waals surface area (Å²) in [5, 5.41) is 3.09. The van der Waals surface area contributed by atoms with Crippen molar-refractivity contribution in [1.29, 1.82) is 0 Å². The number of aryl methyl sites for hydroxylation is 1. The highest BCUT2D eigenvalue weighted by molar-refractivity contribution is 5.96. The molecule has 0 saturated carbocycles. The van der Waals surface area contributed by atoms with Crippen LogP contribution in [0.25, 0.3) is 0 Å². The van der Waals surface area contributed by atoms with Gasteiger partial charge in [0, 0.05) is 5.69 Å². The van der Waals surface area contributed by atoms with E-state index in [0.29, 0.717) is 0 Å². The molecule has 0 radical (unpaired) electrons. The number of para-hydroxylation sites is 1. The van der Waals surface area contributed by atoms with Crippen molar-refractivity contribution in [3.05, 3.63) is 29.8 Å². The summed E-state index contributed by atoms with van der Waals surface area (Å²) in [4.78, 5) is 14.7. The Morgan fingerprint density at radius 3 is 2.63 bits per heavy atom. The highest BCUT2D eigenvalue weighted by Crippen LogP contribution is 2.25. The molecule has 1 unspecified atom stereocenters. The van der Waals surface area contributed by atoms with Crippen molar-refractivity contribution in [3.8, 4) is 0 Å². The summed E-state index contributed by atoms with van der Waals surface area (Å²) in [6.45, 7) is 2.16. The third-order valence-corrected chi connectivity index (χ3v) is 4.10. The van der Waals surface area contributed by atoms with E-state index in [4.69, 9.17) is 0 Å². The van der Waals surface area contributed by atoms with E-state index in [2.05, 4.69) is 16.3 Å². The van der Waals surface area contributed by atoms with Gasteiger partial charge in [-0.15, -0.1) is 12.4 Å². The number of carbonyl (C=O) groups excluding carboxylic acids is 1. The number of nitrogens with one attached hydrogen (secondary N) is 1. The van der Waals surface area contributed by atoms with Crippen molar-refractivity contribution in [2.45, 2.75) is 38.1 Å². The number of hydrogen-bond acceptors (Lipinski definition) is 2. The zero-order valence-corrected chi connectivity index (χ0v) is 11.9. The molecule has 1 aromatic carbocycles. The number of rotatable bonds is 1. The molecule has 1 N–H and O–H groups in total. The van der Waals surface area contributed by atoms with Gasteiger partial charge in [-0.2, -0.15) is 0 Å². The van der Waals surface area contributed by atoms with Gasteiger partial charge < -0.3 is 5.32 Å². The average Bonchev–Trinajstić information content (AvgIpc) is 2.58. The van der Waals surface area contributed by atoms with Gasteiger partial charge in [-0.25, -0.2) is 0 Å². The summed E-state index contributed by atoms with van der Waals surface area (Å²) in [6, 6.07) is 8.23. The lowest BCUT2D eigenvalue weighted by Gasteiger charge is -2.32. The number of carbonyl (C=O) groups is 1. The molecule has 0 aromatic heterocycles. The predicted octanol–water partition coefficient (Wildman–Crippen LogP) is 2.85. The normalized spacial score (nSPS) is 23.8. The Bertz CT molecular complexity index is 444. The maximum Gasteiger partial charge on any atom is 0.241 e. The van der Waals surface area contributed by atoms with Crippen LogP contribution in [-0.4, -0.2) is 29.9 Å². The topological polar surface area (TPSA) is 32.3 Å². The molecule has 19 heavy (non-hydrogen) atoms. The minimum Gasteiger partial charge on any atom is -0.324 e. The lowest BCUT2D eigenvalue weighted by Crippen LogP contribution is -2.46. The van der Waals surface area contributed by atoms with E-state index in [9.17, 15) is 4.79 Å². The van der Waals surface area contributed by atoms with Crippen molar-refractivity contribution in [2.75, 3.05) is 18.4 Å². The van der Waals surface area contributed by atoms with Crippen LogP contribution in [0.4, 0.5) is 5.69 Å². The van der Waals surface area contributed by atoms with Crippen molar-refractivity contribution in [1.82, 2.24) is 4.90 Å². The number of anilines is 1. The van der Waals surface area contributed by atoms with Crippen molar-refractivity contribution in [3.63, 3.8) is 0 Å². The van der Waals surface area contributed by atoms with Crippen LogP contribution < -0.4 is 5.32 Å². The maximum absolute atomic E-state index is 12.3. The van der Waals surface area contributed by atoms with E-state index in [1.807, 2.05) is 18.2 Å². The van der Waals surface area contributed by atoms with E-state index in [1.54, 1.807) is 0 Å². The third kappa shape index (κ3) is 3.10. The Balaban J connectivity index is 0.00000133. The molecular weight excluding hydrogens is 260 g/mol. The standard InChI is InChI=1S/C15H20N2O.ClH/c18-15-14(17-10-4-1-5-11-17)9-8-12-6-2-3-7-13(12)16-15;/h2-3,6-7,14H,1,4-5,8-11H2,(H,16,18);1H. The molecule has 1 amide bonds. The second-order valence-corrected chi connectivity index (χ2v) is 5.30. The van der Waals surface area contributed by atoms with Gasteiger partial charge >= 0.3 is 0 Å². The number of hydrogen-bond donors (Lipinski definition) is 1. The number of piperidine rings is 1. The highest BCUT2D eigenvalue weighted by atomic mass is 35.5. The monoisotopic (exact) mass is 280 g/mol. The number of benzene rings is 1. The molecule has 3 nitrogen and oxygen atoms in total. The average molecular weight is 281 g/mol. The first kappa shape index (κ1) is 14.4. The SMILES string of the molecule is Cl.O=C1Nc2ccccc2CCC1N1CCCCC1. The summed E-state index contributed by atoms with van der Waals surface area (Å²) < 4.78 is 0. The van der Waals surface area contributed by atoms with Crippen LogP contribution in [0.15, 0.2) is 24.3 Å². The fourth-order valence-electron chi connectivity index (χ4n) is 3.08. The second-order valence-electron chi connectivity index (χ2n) is 5.30. The number of amides is 1. The Morgan fingerprint density at radius 2 is 1.84 bits per heavy atom. The highest BCUT2D eigenvalue weighted by Gasteiger charge is 2.29. The van der Waals surface area contributed by atoms with Gasteiger partial charge in [0.25, 0.3) is 0 Å². The molecule has 1 saturated heterocycles. The fourth-order valence-corrected chi connectivity index (χ4v) is 3.08. The Hall–Kier alpha value is -1.06. The largest absolute Gasteiger partial charge is 0.324 e. The summed E-state index contributed by atoms with van der Waals surface area (Å²) in [5.74, 6) is 0.182. The van der Waals surface area contributed by atoms with Crippen LogP contribution in [0.2, 0.25) is 0 Å². The lowest BCUT2D eigenvalue weighted by atomic mass is 10.0. The number of nitrogens with zero attached hydrogens (tertiary/aromatic N) is 1. The van der Waals surface area contributed by atoms with Gasteiger partial charge in [0.05, 0.1) is 6.04 Å². The molecule has 0 spiro atoms. The number of halogens is 1. The molecule has 0 aliphatic carbocycles. The van der Waals surface area contributed by atoms with Gasteiger partial charge in [0.15, 0.2) is 0 Å². The summed E-state index contributed by atoms with van der Waals surface area (Å²) >= 11 is 0. The minimum absolute atomic E-state index is 0. The molecule has 3 rings (SSSR count). The quantitative estimate of drug-likeness (QED) is 0.858. The van der Waals surface area contributed by atoms with Gasteiger partial charge in [-0.05, 0) is 50.4 Å². The third-order valence-electron chi connectivity index (χ3n) is 4.10. The molecule has 1 aromatic rings. The molecule has 1 atom stereocenters. The van der Waals surface area contributed by atoms with Gasteiger partial charge in [-0.1, -0.05) is 24.6 Å². The molecular formula is C15H21ClN2O. The summed E-state index contributed by atoms with van der Waals surface area (Å²) in [6.07, 6.45) is 5.72. The van der Waals surface area contributed by atoms with Gasteiger partial charge in [0.1, 0.15) is 0 Å². The van der Waals surface area contributed by atoms with Crippen LogP contribution in [0.5, 0.6) is 0 Å². The smallest absolute Gasteiger partial charge is 0.241 e. The van der Waals surface area contributed by atoms with Crippen molar-refractivity contribution in [2.24, 2.45) is 0 Å². The molecule has 1 fully saturated rings. The molecule has 4 heteroatoms. The second kappa shape index (κ2) is 6.40. The van der Waals surface area contributed by atoms with E-state index in [0.717, 1.165) is 31.6 Å². The van der Waals surface area contributed by atoms with Crippen molar-refractivity contribution >= 4 is 24.0 Å². The predicted molar refractivity (Wildman–Crippen MR) is 79.9 cm³/mol. The van der Waals surface area contributed by atoms with E-state index in [1.165, 1.54) is 24.8 Å². The zero-order chi connectivity index (χ0) is 12.4. The summed E-state index contributed by atoms with van der Waals surface area (Å²) in [5.41, 5.74) is 2.27. The number of fused-ring (bicyclic) bond motifs is 1.